The zero-order valence-electron chi connectivity index (χ0n) is 22.2. The number of nitrogens with zero attached hydrogens (tertiary/aromatic N) is 1. The Morgan fingerprint density at radius 1 is 1.21 bits per heavy atom. The number of benzene rings is 1. The molecule has 8 atom stereocenters. The molecule has 5 aliphatic rings. The van der Waals surface area contributed by atoms with E-state index in [0.717, 1.165) is 24.8 Å². The van der Waals surface area contributed by atoms with Crippen LogP contribution in [-0.2, 0) is 20.8 Å². The van der Waals surface area contributed by atoms with Gasteiger partial charge in [-0.2, -0.15) is 5.06 Å². The Hall–Kier alpha value is -1.83. The zero-order valence-corrected chi connectivity index (χ0v) is 23.0. The number of Topliss-reactive ketones (excluding diaryl/α,β-unsaturated/α-hetero) is 1. The van der Waals surface area contributed by atoms with Crippen molar-refractivity contribution in [3.63, 3.8) is 0 Å². The molecule has 1 heterocycles. The summed E-state index contributed by atoms with van der Waals surface area (Å²) in [7, 11) is 0. The van der Waals surface area contributed by atoms with Crippen LogP contribution < -0.4 is 0 Å². The van der Waals surface area contributed by atoms with E-state index in [9.17, 15) is 19.8 Å². The molecule has 0 bridgehead atoms. The number of aryl methyl sites for hydroxylation is 1. The number of carbonyl (C=O) groups excluding carboxylic acids is 2. The molecule has 0 radical (unpaired) electrons. The monoisotopic (exact) mass is 539 g/mol. The van der Waals surface area contributed by atoms with Gasteiger partial charge in [0.1, 0.15) is 6.61 Å². The van der Waals surface area contributed by atoms with E-state index in [1.54, 1.807) is 6.08 Å². The zero-order chi connectivity index (χ0) is 26.9. The number of aliphatic hydroxyl groups is 2. The van der Waals surface area contributed by atoms with Gasteiger partial charge in [-0.1, -0.05) is 61.9 Å². The fraction of sp³-hybridized carbons (Fsp3) is 0.613. The van der Waals surface area contributed by atoms with Crippen LogP contribution in [0.3, 0.4) is 0 Å². The third kappa shape index (κ3) is 3.40. The molecule has 0 spiro atoms. The number of ketones is 2. The molecule has 0 amide bonds. The number of hydrogen-bond acceptors (Lipinski definition) is 6. The Labute approximate surface area is 229 Å². The number of rotatable bonds is 6. The van der Waals surface area contributed by atoms with E-state index in [0.29, 0.717) is 32.4 Å². The van der Waals surface area contributed by atoms with Gasteiger partial charge < -0.3 is 10.2 Å². The van der Waals surface area contributed by atoms with E-state index in [2.05, 4.69) is 25.1 Å². The standard InChI is InChI=1S/C31H38ClNO5/c1-28-13-12-23(35)15-21(28)10-11-24-25-16-22-18-33(14-6-9-20-7-4-3-5-8-20)38-31(22,27(37)19-34)29(25,2)17-26(36)30(24,28)32/h3-5,7-8,10,12-13,22,24-26,34,36H,6,9,11,14-19H2,1-2H3/t22-,24-,25-,26-,28-,29-,30-,31-/m0/s1. The number of fused-ring (bicyclic) bond motifs is 7. The lowest BCUT2D eigenvalue weighted by Gasteiger charge is -2.63. The highest BCUT2D eigenvalue weighted by molar-refractivity contribution is 6.26. The van der Waals surface area contributed by atoms with E-state index in [1.807, 2.05) is 36.3 Å². The van der Waals surface area contributed by atoms with Crippen molar-refractivity contribution in [1.29, 1.82) is 0 Å². The first-order valence-corrected chi connectivity index (χ1v) is 14.4. The maximum atomic E-state index is 13.6. The molecule has 2 saturated carbocycles. The molecule has 1 saturated heterocycles. The van der Waals surface area contributed by atoms with E-state index in [1.165, 1.54) is 5.56 Å². The minimum absolute atomic E-state index is 0.0380. The van der Waals surface area contributed by atoms with Crippen molar-refractivity contribution in [2.45, 2.75) is 69.0 Å². The maximum absolute atomic E-state index is 13.6. The average Bonchev–Trinajstić information content (AvgIpc) is 3.38. The highest BCUT2D eigenvalue weighted by atomic mass is 35.5. The molecule has 1 aromatic rings. The summed E-state index contributed by atoms with van der Waals surface area (Å²) in [5.74, 6) is -0.369. The summed E-state index contributed by atoms with van der Waals surface area (Å²) in [5.41, 5.74) is -0.238. The van der Waals surface area contributed by atoms with Gasteiger partial charge in [0, 0.05) is 36.3 Å². The Morgan fingerprint density at radius 3 is 2.71 bits per heavy atom. The largest absolute Gasteiger partial charge is 0.391 e. The Kier molecular flexibility index (Phi) is 6.32. The van der Waals surface area contributed by atoms with Crippen molar-refractivity contribution >= 4 is 23.2 Å². The number of carbonyl (C=O) groups is 2. The molecule has 38 heavy (non-hydrogen) atoms. The smallest absolute Gasteiger partial charge is 0.192 e. The van der Waals surface area contributed by atoms with Crippen LogP contribution in [0, 0.1) is 28.6 Å². The van der Waals surface area contributed by atoms with Crippen LogP contribution in [-0.4, -0.2) is 63.1 Å². The van der Waals surface area contributed by atoms with Gasteiger partial charge in [0.15, 0.2) is 17.2 Å². The van der Waals surface area contributed by atoms with Crippen molar-refractivity contribution in [2.24, 2.45) is 28.6 Å². The van der Waals surface area contributed by atoms with Crippen LogP contribution in [0.4, 0.5) is 0 Å². The van der Waals surface area contributed by atoms with Gasteiger partial charge in [-0.3, -0.25) is 14.4 Å². The molecule has 1 aromatic carbocycles. The van der Waals surface area contributed by atoms with E-state index >= 15 is 0 Å². The summed E-state index contributed by atoms with van der Waals surface area (Å²) in [6, 6.07) is 10.3. The van der Waals surface area contributed by atoms with Gasteiger partial charge in [0.05, 0.1) is 11.0 Å². The summed E-state index contributed by atoms with van der Waals surface area (Å²) in [4.78, 5) is 31.5. The lowest BCUT2D eigenvalue weighted by atomic mass is 9.46. The topological polar surface area (TPSA) is 87.1 Å². The molecule has 3 fully saturated rings. The second kappa shape index (κ2) is 9.10. The number of halogens is 1. The minimum atomic E-state index is -1.18. The van der Waals surface area contributed by atoms with Crippen LogP contribution >= 0.6 is 11.6 Å². The number of hydroxylamine groups is 2. The Morgan fingerprint density at radius 2 is 1.97 bits per heavy atom. The first kappa shape index (κ1) is 26.4. The average molecular weight is 540 g/mol. The van der Waals surface area contributed by atoms with Gasteiger partial charge >= 0.3 is 0 Å². The highest BCUT2D eigenvalue weighted by Gasteiger charge is 2.77. The van der Waals surface area contributed by atoms with Crippen molar-refractivity contribution in [1.82, 2.24) is 5.06 Å². The van der Waals surface area contributed by atoms with E-state index in [4.69, 9.17) is 16.4 Å². The van der Waals surface area contributed by atoms with Gasteiger partial charge in [-0.05, 0) is 55.6 Å². The van der Waals surface area contributed by atoms with Gasteiger partial charge in [0.25, 0.3) is 0 Å². The van der Waals surface area contributed by atoms with Crippen LogP contribution in [0.25, 0.3) is 0 Å². The van der Waals surface area contributed by atoms with E-state index in [-0.39, 0.29) is 29.3 Å². The molecule has 1 aliphatic heterocycles. The Balaban J connectivity index is 1.30. The van der Waals surface area contributed by atoms with Crippen molar-refractivity contribution in [2.75, 3.05) is 19.7 Å². The van der Waals surface area contributed by atoms with Crippen LogP contribution in [0.15, 0.2) is 54.1 Å². The quantitative estimate of drug-likeness (QED) is 0.419. The first-order chi connectivity index (χ1) is 18.1. The second-order valence-electron chi connectivity index (χ2n) is 12.6. The third-order valence-electron chi connectivity index (χ3n) is 10.9. The fourth-order valence-corrected chi connectivity index (χ4v) is 9.59. The molecule has 6 rings (SSSR count). The van der Waals surface area contributed by atoms with Gasteiger partial charge in [0.2, 0.25) is 0 Å². The highest BCUT2D eigenvalue weighted by Crippen LogP contribution is 2.72. The molecule has 0 aromatic heterocycles. The summed E-state index contributed by atoms with van der Waals surface area (Å²) in [5, 5.41) is 23.9. The van der Waals surface area contributed by atoms with Gasteiger partial charge in [-0.25, -0.2) is 0 Å². The fourth-order valence-electron chi connectivity index (χ4n) is 9.09. The minimum Gasteiger partial charge on any atom is -0.391 e. The second-order valence-corrected chi connectivity index (χ2v) is 13.2. The predicted octanol–water partition coefficient (Wildman–Crippen LogP) is 4.03. The number of alkyl halides is 1. The molecule has 204 valence electrons. The van der Waals surface area contributed by atoms with Crippen molar-refractivity contribution < 1.29 is 24.6 Å². The number of aliphatic hydroxyl groups excluding tert-OH is 2. The third-order valence-corrected chi connectivity index (χ3v) is 11.9. The molecule has 7 heteroatoms. The van der Waals surface area contributed by atoms with Crippen LogP contribution in [0.1, 0.15) is 51.5 Å². The first-order valence-electron chi connectivity index (χ1n) is 14.0. The van der Waals surface area contributed by atoms with Crippen molar-refractivity contribution in [3.8, 4) is 0 Å². The lowest BCUT2D eigenvalue weighted by Crippen LogP contribution is -2.69. The molecular weight excluding hydrogens is 502 g/mol. The van der Waals surface area contributed by atoms with Crippen LogP contribution in [0.5, 0.6) is 0 Å². The summed E-state index contributed by atoms with van der Waals surface area (Å²) in [6.07, 6.45) is 8.62. The Bertz CT molecular complexity index is 1200. The number of hydrogen-bond donors (Lipinski definition) is 2. The van der Waals surface area contributed by atoms with Crippen LogP contribution in [0.2, 0.25) is 0 Å². The molecule has 4 aliphatic carbocycles. The predicted molar refractivity (Wildman–Crippen MR) is 144 cm³/mol. The van der Waals surface area contributed by atoms with Crippen molar-refractivity contribution in [3.05, 3.63) is 59.7 Å². The summed E-state index contributed by atoms with van der Waals surface area (Å²) < 4.78 is 0. The normalized spacial score (nSPS) is 43.7. The molecule has 0 unspecified atom stereocenters. The molecular formula is C31H38ClNO5. The maximum Gasteiger partial charge on any atom is 0.192 e. The summed E-state index contributed by atoms with van der Waals surface area (Å²) in [6.45, 7) is 4.84. The molecule has 2 N–H and O–H groups in total. The molecule has 6 nitrogen and oxygen atoms in total. The SMILES string of the molecule is C[C@]12C=CC(=O)CC1=CC[C@H]1[C@@H]3C[C@H]4CN(CCCc5ccccc5)O[C@@]4(C(=O)CO)[C@@]3(C)C[C@H](O)[C@@]12Cl. The van der Waals surface area contributed by atoms with E-state index < -0.39 is 34.0 Å². The lowest BCUT2D eigenvalue weighted by molar-refractivity contribution is -0.248. The number of allylic oxidation sites excluding steroid dienone is 4. The van der Waals surface area contributed by atoms with Gasteiger partial charge in [-0.15, -0.1) is 11.6 Å². The summed E-state index contributed by atoms with van der Waals surface area (Å²) >= 11 is 7.55.